The highest BCUT2D eigenvalue weighted by molar-refractivity contribution is 4.93. The average molecular weight is 166 g/mol. The van der Waals surface area contributed by atoms with Gasteiger partial charge < -0.3 is 4.42 Å². The lowest BCUT2D eigenvalue weighted by molar-refractivity contribution is 0.419. The molecule has 66 valence electrons. The van der Waals surface area contributed by atoms with E-state index in [9.17, 15) is 0 Å². The molecule has 0 radical (unpaired) electrons. The molecule has 1 aliphatic rings. The number of aromatic nitrogens is 2. The number of hydrogen-bond acceptors (Lipinski definition) is 3. The second-order valence-corrected chi connectivity index (χ2v) is 3.37. The molecule has 0 aromatic carbocycles. The maximum atomic E-state index is 5.49. The predicted molar refractivity (Wildman–Crippen MR) is 44.9 cm³/mol. The molecule has 0 spiro atoms. The van der Waals surface area contributed by atoms with Gasteiger partial charge in [-0.2, -0.15) is 0 Å². The smallest absolute Gasteiger partial charge is 0.219 e. The lowest BCUT2D eigenvalue weighted by Gasteiger charge is -1.99. The standard InChI is InChI=1S/C9H14N2O/c1-2-8-10-11-9(12-8)7-5-3-4-6-7/h7H,2-6H2,1H3. The van der Waals surface area contributed by atoms with E-state index in [1.807, 2.05) is 6.92 Å². The quantitative estimate of drug-likeness (QED) is 0.676. The van der Waals surface area contributed by atoms with Crippen LogP contribution in [0.3, 0.4) is 0 Å². The Morgan fingerprint density at radius 2 is 2.08 bits per heavy atom. The molecule has 0 atom stereocenters. The van der Waals surface area contributed by atoms with E-state index in [4.69, 9.17) is 4.42 Å². The van der Waals surface area contributed by atoms with Crippen LogP contribution >= 0.6 is 0 Å². The van der Waals surface area contributed by atoms with Gasteiger partial charge in [0.25, 0.3) is 0 Å². The molecule has 1 aromatic heterocycles. The van der Waals surface area contributed by atoms with Crippen molar-refractivity contribution in [1.82, 2.24) is 10.2 Å². The van der Waals surface area contributed by atoms with E-state index in [0.29, 0.717) is 5.92 Å². The van der Waals surface area contributed by atoms with Gasteiger partial charge in [-0.15, -0.1) is 10.2 Å². The summed E-state index contributed by atoms with van der Waals surface area (Å²) in [7, 11) is 0. The molecule has 0 unspecified atom stereocenters. The first-order valence-corrected chi connectivity index (χ1v) is 4.72. The zero-order valence-electron chi connectivity index (χ0n) is 7.42. The summed E-state index contributed by atoms with van der Waals surface area (Å²) in [5.74, 6) is 2.19. The van der Waals surface area contributed by atoms with Crippen molar-refractivity contribution in [3.63, 3.8) is 0 Å². The lowest BCUT2D eigenvalue weighted by Crippen LogP contribution is -1.91. The SMILES string of the molecule is CCc1nnc(C2CCCC2)o1. The Hall–Kier alpha value is -0.860. The van der Waals surface area contributed by atoms with Gasteiger partial charge in [-0.3, -0.25) is 0 Å². The number of hydrogen-bond donors (Lipinski definition) is 0. The zero-order chi connectivity index (χ0) is 8.39. The highest BCUT2D eigenvalue weighted by atomic mass is 16.4. The van der Waals surface area contributed by atoms with Gasteiger partial charge in [0, 0.05) is 12.3 Å². The van der Waals surface area contributed by atoms with Crippen LogP contribution in [0.5, 0.6) is 0 Å². The minimum atomic E-state index is 0.554. The third kappa shape index (κ3) is 1.36. The van der Waals surface area contributed by atoms with Crippen LogP contribution in [-0.2, 0) is 6.42 Å². The number of rotatable bonds is 2. The first-order valence-electron chi connectivity index (χ1n) is 4.72. The van der Waals surface area contributed by atoms with E-state index < -0.39 is 0 Å². The van der Waals surface area contributed by atoms with Crippen molar-refractivity contribution in [1.29, 1.82) is 0 Å². The molecule has 0 N–H and O–H groups in total. The second kappa shape index (κ2) is 3.25. The summed E-state index contributed by atoms with van der Waals surface area (Å²) in [6, 6.07) is 0. The van der Waals surface area contributed by atoms with Crippen molar-refractivity contribution >= 4 is 0 Å². The summed E-state index contributed by atoms with van der Waals surface area (Å²) in [6.45, 7) is 2.03. The molecule has 1 saturated carbocycles. The van der Waals surface area contributed by atoms with Crippen molar-refractivity contribution < 1.29 is 4.42 Å². The molecule has 0 amide bonds. The molecule has 2 rings (SSSR count). The molecule has 0 saturated heterocycles. The van der Waals surface area contributed by atoms with E-state index >= 15 is 0 Å². The summed E-state index contributed by atoms with van der Waals surface area (Å²) in [4.78, 5) is 0. The van der Waals surface area contributed by atoms with Crippen LogP contribution in [0.1, 0.15) is 50.3 Å². The Labute approximate surface area is 72.2 Å². The molecule has 1 aliphatic carbocycles. The van der Waals surface area contributed by atoms with E-state index in [0.717, 1.165) is 18.2 Å². The minimum absolute atomic E-state index is 0.554. The van der Waals surface area contributed by atoms with E-state index in [-0.39, 0.29) is 0 Å². The van der Waals surface area contributed by atoms with E-state index in [2.05, 4.69) is 10.2 Å². The Balaban J connectivity index is 2.11. The van der Waals surface area contributed by atoms with Gasteiger partial charge in [-0.25, -0.2) is 0 Å². The molecule has 0 bridgehead atoms. The summed E-state index contributed by atoms with van der Waals surface area (Å²) in [6.07, 6.45) is 5.93. The molecule has 3 heteroatoms. The fraction of sp³-hybridized carbons (Fsp3) is 0.778. The van der Waals surface area contributed by atoms with Crippen LogP contribution in [0.25, 0.3) is 0 Å². The molecular weight excluding hydrogens is 152 g/mol. The lowest BCUT2D eigenvalue weighted by atomic mass is 10.1. The van der Waals surface area contributed by atoms with Crippen LogP contribution in [0, 0.1) is 0 Å². The van der Waals surface area contributed by atoms with Gasteiger partial charge in [0.2, 0.25) is 11.8 Å². The molecule has 1 heterocycles. The monoisotopic (exact) mass is 166 g/mol. The van der Waals surface area contributed by atoms with Gasteiger partial charge >= 0.3 is 0 Å². The maximum absolute atomic E-state index is 5.49. The van der Waals surface area contributed by atoms with Crippen molar-refractivity contribution in [3.8, 4) is 0 Å². The molecule has 3 nitrogen and oxygen atoms in total. The van der Waals surface area contributed by atoms with Crippen molar-refractivity contribution in [2.24, 2.45) is 0 Å². The van der Waals surface area contributed by atoms with Crippen LogP contribution in [0.15, 0.2) is 4.42 Å². The van der Waals surface area contributed by atoms with Crippen molar-refractivity contribution in [3.05, 3.63) is 11.8 Å². The molecule has 1 fully saturated rings. The van der Waals surface area contributed by atoms with Crippen LogP contribution in [0.4, 0.5) is 0 Å². The summed E-state index contributed by atoms with van der Waals surface area (Å²) >= 11 is 0. The highest BCUT2D eigenvalue weighted by Gasteiger charge is 2.22. The summed E-state index contributed by atoms with van der Waals surface area (Å²) in [5.41, 5.74) is 0. The molecular formula is C9H14N2O. The zero-order valence-corrected chi connectivity index (χ0v) is 7.42. The van der Waals surface area contributed by atoms with Crippen molar-refractivity contribution in [2.45, 2.75) is 44.9 Å². The third-order valence-electron chi connectivity index (χ3n) is 2.49. The van der Waals surface area contributed by atoms with Crippen LogP contribution in [-0.4, -0.2) is 10.2 Å². The first-order chi connectivity index (χ1) is 5.90. The van der Waals surface area contributed by atoms with Crippen LogP contribution in [0.2, 0.25) is 0 Å². The number of nitrogens with zero attached hydrogens (tertiary/aromatic N) is 2. The van der Waals surface area contributed by atoms with Gasteiger partial charge in [0.05, 0.1) is 0 Å². The van der Waals surface area contributed by atoms with Crippen molar-refractivity contribution in [2.75, 3.05) is 0 Å². The largest absolute Gasteiger partial charge is 0.425 e. The van der Waals surface area contributed by atoms with Gasteiger partial charge in [-0.05, 0) is 12.8 Å². The maximum Gasteiger partial charge on any atom is 0.219 e. The van der Waals surface area contributed by atoms with Gasteiger partial charge in [0.1, 0.15) is 0 Å². The molecule has 12 heavy (non-hydrogen) atoms. The number of aryl methyl sites for hydroxylation is 1. The van der Waals surface area contributed by atoms with Gasteiger partial charge in [0.15, 0.2) is 0 Å². The molecule has 1 aromatic rings. The second-order valence-electron chi connectivity index (χ2n) is 3.37. The molecule has 0 aliphatic heterocycles. The first kappa shape index (κ1) is 7.77. The Morgan fingerprint density at radius 1 is 1.33 bits per heavy atom. The minimum Gasteiger partial charge on any atom is -0.425 e. The fourth-order valence-electron chi connectivity index (χ4n) is 1.75. The normalized spacial score (nSPS) is 18.8. The van der Waals surface area contributed by atoms with E-state index in [1.54, 1.807) is 0 Å². The highest BCUT2D eigenvalue weighted by Crippen LogP contribution is 2.32. The average Bonchev–Trinajstić information content (AvgIpc) is 2.75. The summed E-state index contributed by atoms with van der Waals surface area (Å²) in [5, 5.41) is 8.01. The van der Waals surface area contributed by atoms with Gasteiger partial charge in [-0.1, -0.05) is 19.8 Å². The Morgan fingerprint density at radius 3 is 2.67 bits per heavy atom. The Bertz CT molecular complexity index is 251. The third-order valence-corrected chi connectivity index (χ3v) is 2.49. The Kier molecular flexibility index (Phi) is 2.11. The van der Waals surface area contributed by atoms with E-state index in [1.165, 1.54) is 25.7 Å². The summed E-state index contributed by atoms with van der Waals surface area (Å²) < 4.78 is 5.49. The van der Waals surface area contributed by atoms with Crippen LogP contribution < -0.4 is 0 Å². The fourth-order valence-corrected chi connectivity index (χ4v) is 1.75. The topological polar surface area (TPSA) is 38.9 Å². The predicted octanol–water partition coefficient (Wildman–Crippen LogP) is 2.29.